The summed E-state index contributed by atoms with van der Waals surface area (Å²) in [7, 11) is 0. The lowest BCUT2D eigenvalue weighted by Gasteiger charge is -2.43. The van der Waals surface area contributed by atoms with E-state index in [1.165, 1.54) is 31.2 Å². The van der Waals surface area contributed by atoms with Gasteiger partial charge in [-0.2, -0.15) is 0 Å². The van der Waals surface area contributed by atoms with Gasteiger partial charge in [0.15, 0.2) is 0 Å². The molecule has 1 aliphatic heterocycles. The Labute approximate surface area is 152 Å². The number of likely N-dealkylation sites (N-methyl/N-ethyl adjacent to an activating group) is 1. The first-order chi connectivity index (χ1) is 12.1. The van der Waals surface area contributed by atoms with Crippen LogP contribution < -0.4 is 11.1 Å². The van der Waals surface area contributed by atoms with E-state index < -0.39 is 5.54 Å². The molecule has 3 rings (SSSR count). The molecule has 2 atom stereocenters. The third-order valence-corrected chi connectivity index (χ3v) is 6.33. The number of hydrogen-bond acceptors (Lipinski definition) is 3. The number of nitrogens with one attached hydrogen (secondary N) is 1. The fraction of sp³-hybridized carbons (Fsp3) is 0.667. The van der Waals surface area contributed by atoms with E-state index in [0.717, 1.165) is 44.9 Å². The minimum atomic E-state index is -0.489. The van der Waals surface area contributed by atoms with Crippen molar-refractivity contribution >= 4 is 5.91 Å². The van der Waals surface area contributed by atoms with Gasteiger partial charge in [0.25, 0.3) is 0 Å². The molecule has 0 spiro atoms. The predicted molar refractivity (Wildman–Crippen MR) is 102 cm³/mol. The van der Waals surface area contributed by atoms with E-state index in [1.807, 2.05) is 6.92 Å². The van der Waals surface area contributed by atoms with Crippen molar-refractivity contribution in [3.63, 3.8) is 0 Å². The van der Waals surface area contributed by atoms with Crippen LogP contribution in [-0.2, 0) is 4.79 Å². The highest BCUT2D eigenvalue weighted by Gasteiger charge is 2.40. The summed E-state index contributed by atoms with van der Waals surface area (Å²) in [6, 6.07) is 11.0. The van der Waals surface area contributed by atoms with E-state index in [1.54, 1.807) is 0 Å². The van der Waals surface area contributed by atoms with Crippen LogP contribution in [0.25, 0.3) is 0 Å². The molecule has 1 aliphatic carbocycles. The van der Waals surface area contributed by atoms with Crippen LogP contribution in [0.5, 0.6) is 0 Å². The lowest BCUT2D eigenvalue weighted by Crippen LogP contribution is -2.61. The minimum absolute atomic E-state index is 0.186. The summed E-state index contributed by atoms with van der Waals surface area (Å²) in [4.78, 5) is 14.5. The van der Waals surface area contributed by atoms with Gasteiger partial charge in [-0.15, -0.1) is 0 Å². The third kappa shape index (κ3) is 4.24. The van der Waals surface area contributed by atoms with E-state index >= 15 is 0 Å². The van der Waals surface area contributed by atoms with Crippen molar-refractivity contribution in [1.82, 2.24) is 10.2 Å². The van der Waals surface area contributed by atoms with Gasteiger partial charge >= 0.3 is 0 Å². The van der Waals surface area contributed by atoms with Gasteiger partial charge in [-0.25, -0.2) is 0 Å². The first-order valence-corrected chi connectivity index (χ1v) is 9.97. The first-order valence-electron chi connectivity index (χ1n) is 9.97. The second-order valence-corrected chi connectivity index (χ2v) is 7.84. The van der Waals surface area contributed by atoms with Gasteiger partial charge in [0, 0.05) is 19.6 Å². The number of primary amides is 1. The molecule has 0 bridgehead atoms. The Balaban J connectivity index is 1.61. The van der Waals surface area contributed by atoms with Crippen LogP contribution in [0.3, 0.4) is 0 Å². The van der Waals surface area contributed by atoms with Crippen LogP contribution in [0.2, 0.25) is 0 Å². The molecule has 1 amide bonds. The Hall–Kier alpha value is -1.39. The predicted octanol–water partition coefficient (Wildman–Crippen LogP) is 2.89. The maximum atomic E-state index is 11.9. The zero-order valence-electron chi connectivity index (χ0n) is 15.5. The molecule has 1 saturated heterocycles. The summed E-state index contributed by atoms with van der Waals surface area (Å²) in [6.45, 7) is 5.92. The molecule has 2 aliphatic rings. The number of piperidine rings is 1. The molecule has 25 heavy (non-hydrogen) atoms. The molecule has 1 saturated carbocycles. The average molecular weight is 344 g/mol. The van der Waals surface area contributed by atoms with Crippen LogP contribution in [0.1, 0.15) is 56.9 Å². The standard InChI is InChI=1S/C21H33N3O/c1-2-23-21(20(22)25)12-14-24(15-13-21)16-18-10-6-7-11-19(18)17-8-4-3-5-9-17/h3-5,8-9,18-19,23H,2,6-7,10-16H2,1H3,(H2,22,25)/t18?,19-/m0/s1. The number of nitrogens with zero attached hydrogens (tertiary/aromatic N) is 1. The van der Waals surface area contributed by atoms with Crippen molar-refractivity contribution in [2.75, 3.05) is 26.2 Å². The van der Waals surface area contributed by atoms with Gasteiger partial charge in [-0.1, -0.05) is 50.1 Å². The zero-order chi connectivity index (χ0) is 17.7. The molecular weight excluding hydrogens is 310 g/mol. The van der Waals surface area contributed by atoms with E-state index in [2.05, 4.69) is 40.5 Å². The van der Waals surface area contributed by atoms with Crippen LogP contribution in [0.15, 0.2) is 30.3 Å². The summed E-state index contributed by atoms with van der Waals surface area (Å²) in [5.74, 6) is 1.23. The summed E-state index contributed by atoms with van der Waals surface area (Å²) in [6.07, 6.45) is 7.00. The van der Waals surface area contributed by atoms with Crippen molar-refractivity contribution in [1.29, 1.82) is 0 Å². The molecule has 3 N–H and O–H groups in total. The lowest BCUT2D eigenvalue weighted by molar-refractivity contribution is -0.126. The van der Waals surface area contributed by atoms with E-state index in [9.17, 15) is 4.79 Å². The summed E-state index contributed by atoms with van der Waals surface area (Å²) < 4.78 is 0. The molecule has 138 valence electrons. The van der Waals surface area contributed by atoms with Crippen molar-refractivity contribution < 1.29 is 4.79 Å². The third-order valence-electron chi connectivity index (χ3n) is 6.33. The Morgan fingerprint density at radius 1 is 1.20 bits per heavy atom. The molecule has 4 heteroatoms. The summed E-state index contributed by atoms with van der Waals surface area (Å²) >= 11 is 0. The number of nitrogens with two attached hydrogens (primary N) is 1. The summed E-state index contributed by atoms with van der Waals surface area (Å²) in [5, 5.41) is 3.36. The van der Waals surface area contributed by atoms with Gasteiger partial charge in [0.2, 0.25) is 5.91 Å². The first kappa shape index (κ1) is 18.4. The highest BCUT2D eigenvalue weighted by Crippen LogP contribution is 2.38. The number of likely N-dealkylation sites (tertiary alicyclic amines) is 1. The van der Waals surface area contributed by atoms with Crippen molar-refractivity contribution in [2.24, 2.45) is 11.7 Å². The maximum Gasteiger partial charge on any atom is 0.237 e. The average Bonchev–Trinajstić information content (AvgIpc) is 2.65. The number of rotatable bonds is 6. The number of carbonyl (C=O) groups excluding carboxylic acids is 1. The van der Waals surface area contributed by atoms with Crippen molar-refractivity contribution in [3.8, 4) is 0 Å². The van der Waals surface area contributed by atoms with Crippen molar-refractivity contribution in [2.45, 2.75) is 56.9 Å². The van der Waals surface area contributed by atoms with Crippen molar-refractivity contribution in [3.05, 3.63) is 35.9 Å². The largest absolute Gasteiger partial charge is 0.368 e. The molecule has 1 unspecified atom stereocenters. The normalized spacial score (nSPS) is 27.1. The molecule has 0 aromatic heterocycles. The minimum Gasteiger partial charge on any atom is -0.368 e. The van der Waals surface area contributed by atoms with Gasteiger partial charge in [-0.3, -0.25) is 4.79 Å². The van der Waals surface area contributed by atoms with E-state index in [4.69, 9.17) is 5.73 Å². The highest BCUT2D eigenvalue weighted by atomic mass is 16.1. The molecule has 4 nitrogen and oxygen atoms in total. The Morgan fingerprint density at radius 2 is 1.88 bits per heavy atom. The quantitative estimate of drug-likeness (QED) is 0.835. The van der Waals surface area contributed by atoms with Gasteiger partial charge < -0.3 is 16.0 Å². The fourth-order valence-electron chi connectivity index (χ4n) is 4.86. The van der Waals surface area contributed by atoms with Gasteiger partial charge in [0.1, 0.15) is 5.54 Å². The van der Waals surface area contributed by atoms with Gasteiger partial charge in [0.05, 0.1) is 0 Å². The number of amides is 1. The maximum absolute atomic E-state index is 11.9. The molecule has 1 aromatic rings. The highest BCUT2D eigenvalue weighted by molar-refractivity contribution is 5.84. The van der Waals surface area contributed by atoms with Crippen LogP contribution in [-0.4, -0.2) is 42.5 Å². The zero-order valence-corrected chi connectivity index (χ0v) is 15.5. The summed E-state index contributed by atoms with van der Waals surface area (Å²) in [5.41, 5.74) is 6.71. The number of carbonyl (C=O) groups is 1. The Bertz CT molecular complexity index is 552. The molecule has 2 fully saturated rings. The van der Waals surface area contributed by atoms with Crippen LogP contribution in [0, 0.1) is 5.92 Å². The van der Waals surface area contributed by atoms with Crippen LogP contribution in [0.4, 0.5) is 0 Å². The number of hydrogen-bond donors (Lipinski definition) is 2. The SMILES string of the molecule is CCNC1(C(N)=O)CCN(CC2CCCC[C@H]2c2ccccc2)CC1. The molecule has 0 radical (unpaired) electrons. The second kappa shape index (κ2) is 8.33. The topological polar surface area (TPSA) is 58.4 Å². The molecule has 1 heterocycles. The lowest BCUT2D eigenvalue weighted by atomic mass is 9.75. The smallest absolute Gasteiger partial charge is 0.237 e. The monoisotopic (exact) mass is 343 g/mol. The molecule has 1 aromatic carbocycles. The Kier molecular flexibility index (Phi) is 6.13. The Morgan fingerprint density at radius 3 is 2.52 bits per heavy atom. The number of benzene rings is 1. The molecular formula is C21H33N3O. The van der Waals surface area contributed by atoms with Crippen LogP contribution >= 0.6 is 0 Å². The van der Waals surface area contributed by atoms with E-state index in [0.29, 0.717) is 5.92 Å². The van der Waals surface area contributed by atoms with E-state index in [-0.39, 0.29) is 5.91 Å². The second-order valence-electron chi connectivity index (χ2n) is 7.84. The fourth-order valence-corrected chi connectivity index (χ4v) is 4.86. The van der Waals surface area contributed by atoms with Gasteiger partial charge in [-0.05, 0) is 49.6 Å².